The van der Waals surface area contributed by atoms with Crippen LogP contribution in [-0.4, -0.2) is 17.7 Å². The molecule has 1 saturated heterocycles. The molecule has 0 aromatic heterocycles. The number of nitrogens with one attached hydrogen (secondary N) is 1. The molecule has 5 nitrogen and oxygen atoms in total. The number of imide groups is 1. The van der Waals surface area contributed by atoms with Gasteiger partial charge in [0, 0.05) is 11.3 Å². The summed E-state index contributed by atoms with van der Waals surface area (Å²) in [5.74, 6) is -1.42. The first-order valence-electron chi connectivity index (χ1n) is 9.26. The first-order chi connectivity index (χ1) is 13.5. The number of fused-ring (bicyclic) bond motifs is 5. The van der Waals surface area contributed by atoms with E-state index in [0.29, 0.717) is 16.9 Å². The topological polar surface area (TPSA) is 66.5 Å². The standard InChI is InChI=1S/C22H17FN2O3/c23-15-6-8-16(9-7-15)24-20(26)14-2-1-3-17(11-14)25-21(27)18-12-4-5-13(10-12)19(18)22(25)28/h1-9,11-13,18-19H,10H2,(H,24,26)/t12-,13+,18+,19-. The molecule has 140 valence electrons. The van der Waals surface area contributed by atoms with E-state index in [0.717, 1.165) is 6.42 Å². The Morgan fingerprint density at radius 1 is 0.964 bits per heavy atom. The van der Waals surface area contributed by atoms with Gasteiger partial charge in [-0.3, -0.25) is 14.4 Å². The van der Waals surface area contributed by atoms with Gasteiger partial charge in [-0.1, -0.05) is 18.2 Å². The monoisotopic (exact) mass is 376 g/mol. The van der Waals surface area contributed by atoms with Gasteiger partial charge >= 0.3 is 0 Å². The Labute approximate surface area is 160 Å². The van der Waals surface area contributed by atoms with E-state index in [1.54, 1.807) is 24.3 Å². The van der Waals surface area contributed by atoms with Crippen molar-refractivity contribution in [2.24, 2.45) is 23.7 Å². The SMILES string of the molecule is O=C(Nc1ccc(F)cc1)c1cccc(N2C(=O)[C@@H]3[C@H](C2=O)[C@H]2C=C[C@@H]3C2)c1. The van der Waals surface area contributed by atoms with Crippen LogP contribution in [0.1, 0.15) is 16.8 Å². The third-order valence-electron chi connectivity index (χ3n) is 5.94. The number of benzene rings is 2. The average Bonchev–Trinajstić information content (AvgIpc) is 3.37. The van der Waals surface area contributed by atoms with Crippen LogP contribution in [0, 0.1) is 29.5 Å². The van der Waals surface area contributed by atoms with Gasteiger partial charge in [0.2, 0.25) is 11.8 Å². The van der Waals surface area contributed by atoms with Crippen LogP contribution in [0.15, 0.2) is 60.7 Å². The molecule has 0 spiro atoms. The first kappa shape index (κ1) is 16.9. The van der Waals surface area contributed by atoms with Crippen LogP contribution in [0.5, 0.6) is 0 Å². The molecule has 1 saturated carbocycles. The minimum Gasteiger partial charge on any atom is -0.322 e. The molecule has 2 fully saturated rings. The Kier molecular flexibility index (Phi) is 3.69. The molecular weight excluding hydrogens is 359 g/mol. The molecule has 4 atom stereocenters. The predicted molar refractivity (Wildman–Crippen MR) is 101 cm³/mol. The van der Waals surface area contributed by atoms with Crippen molar-refractivity contribution in [2.75, 3.05) is 10.2 Å². The normalized spacial score (nSPS) is 27.4. The third-order valence-corrected chi connectivity index (χ3v) is 5.94. The Morgan fingerprint density at radius 2 is 1.61 bits per heavy atom. The Balaban J connectivity index is 1.40. The van der Waals surface area contributed by atoms with Gasteiger partial charge in [-0.05, 0) is 60.7 Å². The molecule has 1 heterocycles. The van der Waals surface area contributed by atoms with E-state index in [2.05, 4.69) is 5.32 Å². The molecule has 0 unspecified atom stereocenters. The van der Waals surface area contributed by atoms with Gasteiger partial charge in [-0.25, -0.2) is 9.29 Å². The second-order valence-corrected chi connectivity index (χ2v) is 7.52. The smallest absolute Gasteiger partial charge is 0.255 e. The molecular formula is C22H17FN2O3. The van der Waals surface area contributed by atoms with Gasteiger partial charge in [0.15, 0.2) is 0 Å². The summed E-state index contributed by atoms with van der Waals surface area (Å²) < 4.78 is 13.0. The number of carbonyl (C=O) groups excluding carboxylic acids is 3. The number of hydrogen-bond donors (Lipinski definition) is 1. The lowest BCUT2D eigenvalue weighted by molar-refractivity contribution is -0.123. The number of rotatable bonds is 3. The fraction of sp³-hybridized carbons (Fsp3) is 0.227. The molecule has 2 aliphatic carbocycles. The maximum Gasteiger partial charge on any atom is 0.255 e. The van der Waals surface area contributed by atoms with E-state index in [4.69, 9.17) is 0 Å². The van der Waals surface area contributed by atoms with Crippen molar-refractivity contribution >= 4 is 29.1 Å². The first-order valence-corrected chi connectivity index (χ1v) is 9.26. The summed E-state index contributed by atoms with van der Waals surface area (Å²) in [4.78, 5) is 39.6. The number of nitrogens with zero attached hydrogens (tertiary/aromatic N) is 1. The van der Waals surface area contributed by atoms with Gasteiger partial charge in [0.25, 0.3) is 5.91 Å². The quantitative estimate of drug-likeness (QED) is 0.660. The Bertz CT molecular complexity index is 1000. The zero-order valence-corrected chi connectivity index (χ0v) is 14.8. The number of allylic oxidation sites excluding steroid dienone is 2. The Morgan fingerprint density at radius 3 is 2.25 bits per heavy atom. The molecule has 3 aliphatic rings. The van der Waals surface area contributed by atoms with Crippen molar-refractivity contribution in [1.82, 2.24) is 0 Å². The largest absolute Gasteiger partial charge is 0.322 e. The van der Waals surface area contributed by atoms with Crippen LogP contribution in [0.25, 0.3) is 0 Å². The van der Waals surface area contributed by atoms with Crippen LogP contribution >= 0.6 is 0 Å². The summed E-state index contributed by atoms with van der Waals surface area (Å²) in [6.07, 6.45) is 4.97. The lowest BCUT2D eigenvalue weighted by atomic mass is 9.85. The van der Waals surface area contributed by atoms with Crippen LogP contribution < -0.4 is 10.2 Å². The number of carbonyl (C=O) groups is 3. The molecule has 3 amide bonds. The van der Waals surface area contributed by atoms with Crippen LogP contribution in [0.3, 0.4) is 0 Å². The van der Waals surface area contributed by atoms with E-state index < -0.39 is 5.91 Å². The highest BCUT2D eigenvalue weighted by molar-refractivity contribution is 6.23. The van der Waals surface area contributed by atoms with Crippen molar-refractivity contribution in [3.8, 4) is 0 Å². The molecule has 5 rings (SSSR count). The third kappa shape index (κ3) is 2.48. The highest BCUT2D eigenvalue weighted by atomic mass is 19.1. The highest BCUT2D eigenvalue weighted by Gasteiger charge is 2.59. The number of halogens is 1. The molecule has 0 radical (unpaired) electrons. The predicted octanol–water partition coefficient (Wildman–Crippen LogP) is 3.39. The summed E-state index contributed by atoms with van der Waals surface area (Å²) in [6, 6.07) is 11.9. The van der Waals surface area contributed by atoms with Gasteiger partial charge in [-0.15, -0.1) is 0 Å². The summed E-state index contributed by atoms with van der Waals surface area (Å²) >= 11 is 0. The molecule has 2 aromatic carbocycles. The fourth-order valence-corrected chi connectivity index (χ4v) is 4.68. The summed E-state index contributed by atoms with van der Waals surface area (Å²) in [7, 11) is 0. The van der Waals surface area contributed by atoms with E-state index in [1.165, 1.54) is 29.2 Å². The zero-order chi connectivity index (χ0) is 19.4. The average molecular weight is 376 g/mol. The van der Waals surface area contributed by atoms with Crippen LogP contribution in [0.4, 0.5) is 15.8 Å². The van der Waals surface area contributed by atoms with E-state index >= 15 is 0 Å². The second-order valence-electron chi connectivity index (χ2n) is 7.52. The van der Waals surface area contributed by atoms with Gasteiger partial charge in [-0.2, -0.15) is 0 Å². The number of hydrogen-bond acceptors (Lipinski definition) is 3. The number of amides is 3. The van der Waals surface area contributed by atoms with Crippen molar-refractivity contribution in [2.45, 2.75) is 6.42 Å². The van der Waals surface area contributed by atoms with E-state index in [1.807, 2.05) is 12.2 Å². The molecule has 1 aliphatic heterocycles. The van der Waals surface area contributed by atoms with Crippen molar-refractivity contribution in [1.29, 1.82) is 0 Å². The summed E-state index contributed by atoms with van der Waals surface area (Å²) in [5, 5.41) is 2.69. The fourth-order valence-electron chi connectivity index (χ4n) is 4.68. The van der Waals surface area contributed by atoms with Crippen LogP contribution in [-0.2, 0) is 9.59 Å². The molecule has 2 aromatic rings. The lowest BCUT2D eigenvalue weighted by Crippen LogP contribution is -2.33. The van der Waals surface area contributed by atoms with Crippen molar-refractivity contribution < 1.29 is 18.8 Å². The van der Waals surface area contributed by atoms with Crippen molar-refractivity contribution in [3.05, 3.63) is 72.1 Å². The summed E-state index contributed by atoms with van der Waals surface area (Å²) in [5.41, 5.74) is 1.19. The van der Waals surface area contributed by atoms with E-state index in [-0.39, 0.29) is 41.3 Å². The van der Waals surface area contributed by atoms with E-state index in [9.17, 15) is 18.8 Å². The van der Waals surface area contributed by atoms with Crippen LogP contribution in [0.2, 0.25) is 0 Å². The Hall–Kier alpha value is -3.28. The highest BCUT2D eigenvalue weighted by Crippen LogP contribution is 2.53. The van der Waals surface area contributed by atoms with Gasteiger partial charge < -0.3 is 5.32 Å². The molecule has 2 bridgehead atoms. The van der Waals surface area contributed by atoms with Gasteiger partial charge in [0.1, 0.15) is 5.82 Å². The second kappa shape index (κ2) is 6.12. The molecule has 6 heteroatoms. The van der Waals surface area contributed by atoms with Crippen molar-refractivity contribution in [3.63, 3.8) is 0 Å². The minimum absolute atomic E-state index is 0.140. The maximum absolute atomic E-state index is 13.0. The maximum atomic E-state index is 13.0. The van der Waals surface area contributed by atoms with Gasteiger partial charge in [0.05, 0.1) is 17.5 Å². The lowest BCUT2D eigenvalue weighted by Gasteiger charge is -2.18. The minimum atomic E-state index is -0.394. The molecule has 1 N–H and O–H groups in total. The zero-order valence-electron chi connectivity index (χ0n) is 14.8. The summed E-state index contributed by atoms with van der Waals surface area (Å²) in [6.45, 7) is 0. The number of anilines is 2. The molecule has 28 heavy (non-hydrogen) atoms.